The first kappa shape index (κ1) is 24.4. The number of hydrogen-bond donors (Lipinski definition) is 2. The van der Waals surface area contributed by atoms with Gasteiger partial charge in [-0.1, -0.05) is 104 Å². The molecular weight excluding hydrogens is 468 g/mol. The van der Waals surface area contributed by atoms with Gasteiger partial charge in [-0.15, -0.1) is 0 Å². The Morgan fingerprint density at radius 2 is 1.45 bits per heavy atom. The number of hydrogen-bond acceptors (Lipinski definition) is 3. The number of aliphatic hydroxyl groups excluding tert-OH is 1. The molecule has 0 aliphatic heterocycles. The van der Waals surface area contributed by atoms with Crippen molar-refractivity contribution in [1.29, 1.82) is 5.41 Å². The Hall–Kier alpha value is -3.96. The average molecular weight is 503 g/mol. The normalized spacial score (nSPS) is 17.6. The van der Waals surface area contributed by atoms with Crippen LogP contribution in [0.1, 0.15) is 31.2 Å². The molecule has 2 atom stereocenters. The molecule has 5 nitrogen and oxygen atoms in total. The van der Waals surface area contributed by atoms with Crippen LogP contribution >= 0.6 is 0 Å². The Kier molecular flexibility index (Phi) is 6.93. The molecule has 192 valence electrons. The van der Waals surface area contributed by atoms with Crippen LogP contribution in [0.2, 0.25) is 0 Å². The van der Waals surface area contributed by atoms with E-state index in [1.807, 2.05) is 29.1 Å². The molecule has 0 spiro atoms. The van der Waals surface area contributed by atoms with E-state index < -0.39 is 0 Å². The van der Waals surface area contributed by atoms with Crippen molar-refractivity contribution in [2.75, 3.05) is 0 Å². The molecule has 1 aliphatic carbocycles. The third-order valence-electron chi connectivity index (χ3n) is 7.96. The summed E-state index contributed by atoms with van der Waals surface area (Å²) in [6, 6.07) is 31.4. The van der Waals surface area contributed by atoms with E-state index in [2.05, 4.69) is 77.4 Å². The molecule has 2 unspecified atom stereocenters. The Bertz CT molecular complexity index is 1570. The standard InChI is InChI=1S/C33H34N4O/c34-32-30-29(25-14-6-2-7-15-25)31(26-16-8-3-9-17-26)37(21-20-24-12-4-1-5-13-24)33(30)35-23-36(32)22-27-18-10-11-19-28(27)38/h1-9,12-17,23,27-28,34,38H,10-11,18-22H2. The highest BCUT2D eigenvalue weighted by atomic mass is 16.3. The van der Waals surface area contributed by atoms with Crippen molar-refractivity contribution >= 4 is 11.0 Å². The largest absolute Gasteiger partial charge is 0.393 e. The maximum atomic E-state index is 10.6. The van der Waals surface area contributed by atoms with Gasteiger partial charge in [0.05, 0.1) is 23.5 Å². The van der Waals surface area contributed by atoms with E-state index >= 15 is 0 Å². The summed E-state index contributed by atoms with van der Waals surface area (Å²) in [5, 5.41) is 20.9. The summed E-state index contributed by atoms with van der Waals surface area (Å²) < 4.78 is 4.25. The molecule has 1 saturated carbocycles. The molecule has 5 aromatic rings. The topological polar surface area (TPSA) is 66.8 Å². The van der Waals surface area contributed by atoms with Crippen LogP contribution in [-0.2, 0) is 19.5 Å². The molecule has 2 aromatic heterocycles. The summed E-state index contributed by atoms with van der Waals surface area (Å²) in [4.78, 5) is 5.00. The van der Waals surface area contributed by atoms with Gasteiger partial charge in [0.1, 0.15) is 11.1 Å². The predicted molar refractivity (Wildman–Crippen MR) is 153 cm³/mol. The highest BCUT2D eigenvalue weighted by molar-refractivity contribution is 6.02. The second-order valence-corrected chi connectivity index (χ2v) is 10.4. The predicted octanol–water partition coefficient (Wildman–Crippen LogP) is 6.45. The molecule has 0 bridgehead atoms. The van der Waals surface area contributed by atoms with Crippen LogP contribution < -0.4 is 5.49 Å². The van der Waals surface area contributed by atoms with Crippen LogP contribution in [0.4, 0.5) is 0 Å². The number of aliphatic hydroxyl groups is 1. The molecule has 3 aromatic carbocycles. The summed E-state index contributed by atoms with van der Waals surface area (Å²) >= 11 is 0. The minimum atomic E-state index is -0.310. The summed E-state index contributed by atoms with van der Waals surface area (Å²) in [6.45, 7) is 1.38. The minimum absolute atomic E-state index is 0.158. The number of nitrogens with zero attached hydrogens (tertiary/aromatic N) is 3. The Morgan fingerprint density at radius 1 is 0.816 bits per heavy atom. The zero-order valence-electron chi connectivity index (χ0n) is 21.6. The van der Waals surface area contributed by atoms with Crippen molar-refractivity contribution in [2.45, 2.75) is 51.3 Å². The van der Waals surface area contributed by atoms with Crippen molar-refractivity contribution in [3.8, 4) is 22.4 Å². The lowest BCUT2D eigenvalue weighted by molar-refractivity contribution is 0.0598. The molecule has 2 N–H and O–H groups in total. The maximum absolute atomic E-state index is 10.6. The van der Waals surface area contributed by atoms with Crippen molar-refractivity contribution < 1.29 is 5.11 Å². The Balaban J connectivity index is 1.57. The first-order chi connectivity index (χ1) is 18.7. The lowest BCUT2D eigenvalue weighted by Crippen LogP contribution is -2.32. The van der Waals surface area contributed by atoms with E-state index in [1.54, 1.807) is 0 Å². The maximum Gasteiger partial charge on any atom is 0.146 e. The fraction of sp³-hybridized carbons (Fsp3) is 0.273. The number of rotatable bonds is 7. The number of aromatic nitrogens is 3. The van der Waals surface area contributed by atoms with Crippen LogP contribution in [0, 0.1) is 11.3 Å². The fourth-order valence-corrected chi connectivity index (χ4v) is 5.97. The Labute approximate surface area is 223 Å². The molecule has 1 fully saturated rings. The molecule has 0 amide bonds. The summed E-state index contributed by atoms with van der Waals surface area (Å²) in [5.74, 6) is 0.158. The van der Waals surface area contributed by atoms with E-state index in [9.17, 15) is 10.5 Å². The van der Waals surface area contributed by atoms with E-state index in [1.165, 1.54) is 5.56 Å². The summed E-state index contributed by atoms with van der Waals surface area (Å²) in [6.07, 6.45) is 6.42. The quantitative estimate of drug-likeness (QED) is 0.269. The molecule has 1 aliphatic rings. The minimum Gasteiger partial charge on any atom is -0.393 e. The highest BCUT2D eigenvalue weighted by Crippen LogP contribution is 2.39. The van der Waals surface area contributed by atoms with Crippen LogP contribution in [0.5, 0.6) is 0 Å². The first-order valence-electron chi connectivity index (χ1n) is 13.7. The van der Waals surface area contributed by atoms with Crippen molar-refractivity contribution in [1.82, 2.24) is 14.1 Å². The zero-order valence-corrected chi connectivity index (χ0v) is 21.6. The lowest BCUT2D eigenvalue weighted by atomic mass is 9.86. The number of aryl methyl sites for hydroxylation is 2. The molecule has 6 rings (SSSR count). The van der Waals surface area contributed by atoms with Gasteiger partial charge >= 0.3 is 0 Å². The molecular formula is C33H34N4O. The van der Waals surface area contributed by atoms with Gasteiger partial charge in [-0.3, -0.25) is 5.41 Å². The monoisotopic (exact) mass is 502 g/mol. The fourth-order valence-electron chi connectivity index (χ4n) is 5.97. The van der Waals surface area contributed by atoms with E-state index in [-0.39, 0.29) is 12.0 Å². The molecule has 2 heterocycles. The van der Waals surface area contributed by atoms with Crippen LogP contribution in [-0.4, -0.2) is 25.3 Å². The highest BCUT2D eigenvalue weighted by Gasteiger charge is 2.26. The molecule has 38 heavy (non-hydrogen) atoms. The van der Waals surface area contributed by atoms with Crippen LogP contribution in [0.15, 0.2) is 97.3 Å². The van der Waals surface area contributed by atoms with Crippen molar-refractivity contribution in [3.63, 3.8) is 0 Å². The smallest absolute Gasteiger partial charge is 0.146 e. The van der Waals surface area contributed by atoms with Gasteiger partial charge in [0.25, 0.3) is 0 Å². The molecule has 5 heteroatoms. The van der Waals surface area contributed by atoms with Gasteiger partial charge in [0.2, 0.25) is 0 Å². The van der Waals surface area contributed by atoms with E-state index in [0.717, 1.165) is 72.1 Å². The number of nitrogens with one attached hydrogen (secondary N) is 1. The SMILES string of the molecule is N=c1c2c(-c3ccccc3)c(-c3ccccc3)n(CCc3ccccc3)c2ncn1CC1CCCCC1O. The zero-order chi connectivity index (χ0) is 25.9. The van der Waals surface area contributed by atoms with Gasteiger partial charge in [0, 0.05) is 24.6 Å². The van der Waals surface area contributed by atoms with E-state index in [4.69, 9.17) is 4.98 Å². The van der Waals surface area contributed by atoms with Crippen LogP contribution in [0.25, 0.3) is 33.4 Å². The van der Waals surface area contributed by atoms with Gasteiger partial charge in [-0.25, -0.2) is 4.98 Å². The third kappa shape index (κ3) is 4.70. The summed E-state index contributed by atoms with van der Waals surface area (Å²) in [7, 11) is 0. The van der Waals surface area contributed by atoms with Gasteiger partial charge in [-0.05, 0) is 36.0 Å². The van der Waals surface area contributed by atoms with Gasteiger partial charge in [-0.2, -0.15) is 0 Å². The average Bonchev–Trinajstić information content (AvgIpc) is 3.31. The second-order valence-electron chi connectivity index (χ2n) is 10.4. The van der Waals surface area contributed by atoms with Crippen LogP contribution in [0.3, 0.4) is 0 Å². The number of fused-ring (bicyclic) bond motifs is 1. The number of benzene rings is 3. The first-order valence-corrected chi connectivity index (χ1v) is 13.7. The summed E-state index contributed by atoms with van der Waals surface area (Å²) in [5.41, 5.74) is 6.92. The molecule has 0 radical (unpaired) electrons. The lowest BCUT2D eigenvalue weighted by Gasteiger charge is -2.28. The van der Waals surface area contributed by atoms with Crippen molar-refractivity contribution in [2.24, 2.45) is 5.92 Å². The van der Waals surface area contributed by atoms with E-state index in [0.29, 0.717) is 12.0 Å². The van der Waals surface area contributed by atoms with Gasteiger partial charge in [0.15, 0.2) is 0 Å². The Morgan fingerprint density at radius 3 is 2.13 bits per heavy atom. The van der Waals surface area contributed by atoms with Crippen molar-refractivity contribution in [3.05, 3.63) is 108 Å². The third-order valence-corrected chi connectivity index (χ3v) is 7.96. The van der Waals surface area contributed by atoms with Gasteiger partial charge < -0.3 is 14.2 Å². The second kappa shape index (κ2) is 10.8. The molecule has 0 saturated heterocycles.